The number of carbonyl (C=O) groups excluding carboxylic acids is 1. The van der Waals surface area contributed by atoms with Crippen molar-refractivity contribution in [2.24, 2.45) is 0 Å². The minimum absolute atomic E-state index is 0.297. The third-order valence-electron chi connectivity index (χ3n) is 2.31. The second kappa shape index (κ2) is 3.06. The second-order valence-corrected chi connectivity index (χ2v) is 3.90. The van der Waals surface area contributed by atoms with Crippen molar-refractivity contribution < 1.29 is 18.7 Å². The fourth-order valence-corrected chi connectivity index (χ4v) is 2.37. The highest BCUT2D eigenvalue weighted by Gasteiger charge is 2.49. The lowest BCUT2D eigenvalue weighted by atomic mass is 9.98. The first-order valence-corrected chi connectivity index (χ1v) is 4.72. The van der Waals surface area contributed by atoms with E-state index in [1.54, 1.807) is 0 Å². The molecule has 2 rings (SSSR count). The zero-order valence-corrected chi connectivity index (χ0v) is 8.51. The monoisotopic (exact) mass is 250 g/mol. The molecule has 0 amide bonds. The van der Waals surface area contributed by atoms with Crippen LogP contribution in [-0.4, -0.2) is 31.5 Å². The van der Waals surface area contributed by atoms with Crippen LogP contribution < -0.4 is 0 Å². The lowest BCUT2D eigenvalue weighted by Crippen LogP contribution is -2.26. The molecule has 13 heavy (non-hydrogen) atoms. The Balaban J connectivity index is 2.32. The topological polar surface area (TPSA) is 35.5 Å². The van der Waals surface area contributed by atoms with E-state index < -0.39 is 18.2 Å². The minimum Gasteiger partial charge on any atom is -0.466 e. The van der Waals surface area contributed by atoms with Crippen molar-refractivity contribution in [2.75, 3.05) is 7.11 Å². The van der Waals surface area contributed by atoms with Gasteiger partial charge in [0, 0.05) is 10.9 Å². The molecular weight excluding hydrogens is 243 g/mol. The first-order valence-electron chi connectivity index (χ1n) is 3.92. The van der Waals surface area contributed by atoms with Gasteiger partial charge in [-0.1, -0.05) is 15.9 Å². The number of ether oxygens (including phenoxy) is 2. The predicted octanol–water partition coefficient (Wildman–Crippen LogP) is 1.32. The molecule has 0 N–H and O–H groups in total. The van der Waals surface area contributed by atoms with Gasteiger partial charge >= 0.3 is 5.97 Å². The number of alkyl halides is 1. The van der Waals surface area contributed by atoms with Crippen molar-refractivity contribution in [3.8, 4) is 0 Å². The van der Waals surface area contributed by atoms with Crippen LogP contribution in [0.15, 0.2) is 10.1 Å². The van der Waals surface area contributed by atoms with E-state index >= 15 is 0 Å². The van der Waals surface area contributed by atoms with Gasteiger partial charge in [0.1, 0.15) is 12.3 Å². The van der Waals surface area contributed by atoms with Crippen LogP contribution >= 0.6 is 15.9 Å². The molecule has 3 atom stereocenters. The molecule has 5 heteroatoms. The standard InChI is InChI=1S/C8H8BrFO3/c1-12-8(11)5-6(9)4-2-3(10)7(5)13-4/h3-4,7H,2H2,1H3/t3-,4+,7-/m1/s1. The molecule has 2 bridgehead atoms. The number of rotatable bonds is 1. The summed E-state index contributed by atoms with van der Waals surface area (Å²) in [5.74, 6) is -0.512. The quantitative estimate of drug-likeness (QED) is 0.659. The molecule has 0 aromatic rings. The van der Waals surface area contributed by atoms with Crippen LogP contribution in [0.25, 0.3) is 0 Å². The molecule has 2 heterocycles. The smallest absolute Gasteiger partial charge is 0.337 e. The Morgan fingerprint density at radius 2 is 2.46 bits per heavy atom. The molecule has 2 aliphatic heterocycles. The average molecular weight is 251 g/mol. The van der Waals surface area contributed by atoms with Gasteiger partial charge < -0.3 is 9.47 Å². The molecule has 0 spiro atoms. The average Bonchev–Trinajstić information content (AvgIpc) is 2.60. The maximum atomic E-state index is 13.2. The summed E-state index contributed by atoms with van der Waals surface area (Å²) >= 11 is 3.22. The zero-order chi connectivity index (χ0) is 9.59. The van der Waals surface area contributed by atoms with Gasteiger partial charge in [0.2, 0.25) is 0 Å². The van der Waals surface area contributed by atoms with E-state index in [-0.39, 0.29) is 6.10 Å². The first kappa shape index (κ1) is 9.15. The van der Waals surface area contributed by atoms with E-state index in [9.17, 15) is 9.18 Å². The largest absolute Gasteiger partial charge is 0.466 e. The number of hydrogen-bond acceptors (Lipinski definition) is 3. The summed E-state index contributed by atoms with van der Waals surface area (Å²) in [5, 5.41) is 0. The van der Waals surface area contributed by atoms with Crippen molar-refractivity contribution >= 4 is 21.9 Å². The maximum Gasteiger partial charge on any atom is 0.337 e. The van der Waals surface area contributed by atoms with Crippen molar-refractivity contribution in [1.82, 2.24) is 0 Å². The molecule has 72 valence electrons. The third kappa shape index (κ3) is 1.21. The van der Waals surface area contributed by atoms with E-state index in [0.717, 1.165) is 0 Å². The summed E-state index contributed by atoms with van der Waals surface area (Å²) in [5.41, 5.74) is 0.297. The molecule has 0 aliphatic carbocycles. The summed E-state index contributed by atoms with van der Waals surface area (Å²) in [6.07, 6.45) is -1.78. The summed E-state index contributed by atoms with van der Waals surface area (Å²) < 4.78 is 23.6. The lowest BCUT2D eigenvalue weighted by Gasteiger charge is -2.13. The molecule has 2 aliphatic rings. The Kier molecular flexibility index (Phi) is 2.15. The van der Waals surface area contributed by atoms with Crippen molar-refractivity contribution in [3.63, 3.8) is 0 Å². The number of fused-ring (bicyclic) bond motifs is 2. The van der Waals surface area contributed by atoms with Crippen molar-refractivity contribution in [3.05, 3.63) is 10.1 Å². The highest BCUT2D eigenvalue weighted by atomic mass is 79.9. The normalized spacial score (nSPS) is 37.0. The summed E-state index contributed by atoms with van der Waals surface area (Å²) in [7, 11) is 1.27. The van der Waals surface area contributed by atoms with Gasteiger partial charge in [0.05, 0.1) is 18.8 Å². The molecule has 0 aromatic carbocycles. The highest BCUT2D eigenvalue weighted by molar-refractivity contribution is 9.11. The molecule has 3 nitrogen and oxygen atoms in total. The van der Waals surface area contributed by atoms with Crippen LogP contribution in [0.3, 0.4) is 0 Å². The van der Waals surface area contributed by atoms with Crippen molar-refractivity contribution in [1.29, 1.82) is 0 Å². The minimum atomic E-state index is -1.08. The van der Waals surface area contributed by atoms with Crippen molar-refractivity contribution in [2.45, 2.75) is 24.8 Å². The molecular formula is C8H8BrFO3. The number of esters is 1. The fraction of sp³-hybridized carbons (Fsp3) is 0.625. The van der Waals surface area contributed by atoms with Gasteiger partial charge in [-0.25, -0.2) is 9.18 Å². The Bertz CT molecular complexity index is 289. The number of carbonyl (C=O) groups is 1. The van der Waals surface area contributed by atoms with Gasteiger partial charge in [0.25, 0.3) is 0 Å². The van der Waals surface area contributed by atoms with Crippen LogP contribution in [0.4, 0.5) is 4.39 Å². The van der Waals surface area contributed by atoms with Gasteiger partial charge in [-0.2, -0.15) is 0 Å². The summed E-state index contributed by atoms with van der Waals surface area (Å²) in [4.78, 5) is 11.2. The van der Waals surface area contributed by atoms with E-state index in [2.05, 4.69) is 20.7 Å². The van der Waals surface area contributed by atoms with E-state index in [1.807, 2.05) is 0 Å². The van der Waals surface area contributed by atoms with E-state index in [1.165, 1.54) is 7.11 Å². The van der Waals surface area contributed by atoms with Gasteiger partial charge in [-0.05, 0) is 0 Å². The Morgan fingerprint density at radius 1 is 1.77 bits per heavy atom. The first-order chi connectivity index (χ1) is 6.15. The molecule has 0 unspecified atom stereocenters. The van der Waals surface area contributed by atoms with Crippen LogP contribution in [-0.2, 0) is 14.3 Å². The number of methoxy groups -OCH3 is 1. The Morgan fingerprint density at radius 3 is 3.00 bits per heavy atom. The molecule has 0 aromatic heterocycles. The SMILES string of the molecule is COC(=O)C1=C(Br)[C@@H]2C[C@@H](F)[C@H]1O2. The maximum absolute atomic E-state index is 13.2. The lowest BCUT2D eigenvalue weighted by molar-refractivity contribution is -0.137. The van der Waals surface area contributed by atoms with Gasteiger partial charge in [0.15, 0.2) is 0 Å². The zero-order valence-electron chi connectivity index (χ0n) is 6.92. The number of hydrogen-bond donors (Lipinski definition) is 0. The number of halogens is 2. The van der Waals surface area contributed by atoms with E-state index in [0.29, 0.717) is 16.5 Å². The van der Waals surface area contributed by atoms with Crippen LogP contribution in [0.2, 0.25) is 0 Å². The summed E-state index contributed by atoms with van der Waals surface area (Å²) in [6, 6.07) is 0. The van der Waals surface area contributed by atoms with Gasteiger partial charge in [-0.3, -0.25) is 0 Å². The Hall–Kier alpha value is -0.420. The predicted molar refractivity (Wildman–Crippen MR) is 46.1 cm³/mol. The van der Waals surface area contributed by atoms with Crippen LogP contribution in [0, 0.1) is 0 Å². The Labute approximate surface area is 83.0 Å². The molecule has 1 saturated heterocycles. The molecule has 1 fully saturated rings. The van der Waals surface area contributed by atoms with Gasteiger partial charge in [-0.15, -0.1) is 0 Å². The summed E-state index contributed by atoms with van der Waals surface area (Å²) in [6.45, 7) is 0. The third-order valence-corrected chi connectivity index (χ3v) is 3.25. The fourth-order valence-electron chi connectivity index (χ4n) is 1.69. The highest BCUT2D eigenvalue weighted by Crippen LogP contribution is 2.43. The second-order valence-electron chi connectivity index (χ2n) is 3.05. The molecule has 0 radical (unpaired) electrons. The molecule has 0 saturated carbocycles. The van der Waals surface area contributed by atoms with E-state index in [4.69, 9.17) is 4.74 Å². The van der Waals surface area contributed by atoms with Crippen LogP contribution in [0.1, 0.15) is 6.42 Å². The van der Waals surface area contributed by atoms with Crippen LogP contribution in [0.5, 0.6) is 0 Å².